The summed E-state index contributed by atoms with van der Waals surface area (Å²) in [5, 5.41) is 6.22. The number of rotatable bonds is 3. The summed E-state index contributed by atoms with van der Waals surface area (Å²) in [5.74, 6) is 1.69. The number of nitrogens with one attached hydrogen (secondary N) is 2. The van der Waals surface area contributed by atoms with Crippen molar-refractivity contribution in [2.24, 2.45) is 5.41 Å². The number of aryl methyl sites for hydroxylation is 1. The second-order valence-corrected chi connectivity index (χ2v) is 8.10. The van der Waals surface area contributed by atoms with Crippen LogP contribution in [-0.2, 0) is 16.4 Å². The number of aromatic nitrogens is 2. The first-order chi connectivity index (χ1) is 9.77. The van der Waals surface area contributed by atoms with Crippen LogP contribution in [0.3, 0.4) is 0 Å². The van der Waals surface area contributed by atoms with Gasteiger partial charge in [-0.2, -0.15) is 5.10 Å². The molecule has 0 fully saturated rings. The molecule has 2 aromatic heterocycles. The van der Waals surface area contributed by atoms with Gasteiger partial charge >= 0.3 is 0 Å². The molecule has 0 aromatic carbocycles. The van der Waals surface area contributed by atoms with Gasteiger partial charge in [0.15, 0.2) is 0 Å². The second-order valence-electron chi connectivity index (χ2n) is 6.39. The van der Waals surface area contributed by atoms with Crippen LogP contribution < -0.4 is 4.72 Å². The van der Waals surface area contributed by atoms with Crippen LogP contribution in [0.1, 0.15) is 43.4 Å². The van der Waals surface area contributed by atoms with Gasteiger partial charge in [0.05, 0.1) is 12.2 Å². The highest BCUT2D eigenvalue weighted by molar-refractivity contribution is 7.89. The van der Waals surface area contributed by atoms with Crippen molar-refractivity contribution in [1.29, 1.82) is 0 Å². The Kier molecular flexibility index (Phi) is 3.22. The molecular formula is C14H19N3O3S. The predicted molar refractivity (Wildman–Crippen MR) is 77.2 cm³/mol. The molecule has 0 saturated heterocycles. The van der Waals surface area contributed by atoms with Gasteiger partial charge in [-0.15, -0.1) is 0 Å². The highest BCUT2D eigenvalue weighted by Crippen LogP contribution is 2.42. The fourth-order valence-corrected chi connectivity index (χ4v) is 4.05. The number of hydrogen-bond acceptors (Lipinski definition) is 4. The molecule has 7 heteroatoms. The summed E-state index contributed by atoms with van der Waals surface area (Å²) in [4.78, 5) is 0.146. The molecule has 114 valence electrons. The Morgan fingerprint density at radius 1 is 1.48 bits per heavy atom. The van der Waals surface area contributed by atoms with Crippen LogP contribution in [0.5, 0.6) is 0 Å². The Morgan fingerprint density at radius 3 is 2.90 bits per heavy atom. The van der Waals surface area contributed by atoms with Gasteiger partial charge in [0, 0.05) is 18.2 Å². The lowest BCUT2D eigenvalue weighted by molar-refractivity contribution is 0.247. The van der Waals surface area contributed by atoms with Crippen molar-refractivity contribution in [2.45, 2.75) is 44.6 Å². The van der Waals surface area contributed by atoms with E-state index in [9.17, 15) is 8.42 Å². The van der Waals surface area contributed by atoms with Crippen molar-refractivity contribution < 1.29 is 12.8 Å². The number of aromatic amines is 1. The van der Waals surface area contributed by atoms with Gasteiger partial charge < -0.3 is 4.42 Å². The van der Waals surface area contributed by atoms with Crippen LogP contribution in [0.2, 0.25) is 0 Å². The van der Waals surface area contributed by atoms with Crippen LogP contribution in [0.4, 0.5) is 0 Å². The first-order valence-corrected chi connectivity index (χ1v) is 8.35. The van der Waals surface area contributed by atoms with E-state index in [1.54, 1.807) is 0 Å². The van der Waals surface area contributed by atoms with E-state index in [-0.39, 0.29) is 16.4 Å². The monoisotopic (exact) mass is 309 g/mol. The summed E-state index contributed by atoms with van der Waals surface area (Å²) in [5.41, 5.74) is 0.930. The molecule has 6 nitrogen and oxygen atoms in total. The summed E-state index contributed by atoms with van der Waals surface area (Å²) in [6, 6.07) is 1.65. The fraction of sp³-hybridized carbons (Fsp3) is 0.500. The lowest BCUT2D eigenvalue weighted by Gasteiger charge is -2.34. The molecule has 1 aliphatic carbocycles. The maximum atomic E-state index is 12.4. The third-order valence-electron chi connectivity index (χ3n) is 3.82. The zero-order valence-electron chi connectivity index (χ0n) is 12.3. The van der Waals surface area contributed by atoms with Crippen molar-refractivity contribution >= 4 is 10.0 Å². The molecule has 0 amide bonds. The first kappa shape index (κ1) is 14.3. The summed E-state index contributed by atoms with van der Waals surface area (Å²) >= 11 is 0. The van der Waals surface area contributed by atoms with Crippen LogP contribution in [0.15, 0.2) is 27.8 Å². The van der Waals surface area contributed by atoms with Gasteiger partial charge in [-0.25, -0.2) is 13.1 Å². The molecule has 0 bridgehead atoms. The van der Waals surface area contributed by atoms with Gasteiger partial charge in [-0.05, 0) is 24.8 Å². The van der Waals surface area contributed by atoms with Crippen LogP contribution >= 0.6 is 0 Å². The van der Waals surface area contributed by atoms with Gasteiger partial charge in [-0.3, -0.25) is 5.10 Å². The lowest BCUT2D eigenvalue weighted by atomic mass is 9.75. The van der Waals surface area contributed by atoms with E-state index >= 15 is 0 Å². The maximum absolute atomic E-state index is 12.4. The number of furan rings is 1. The highest BCUT2D eigenvalue weighted by Gasteiger charge is 2.37. The van der Waals surface area contributed by atoms with E-state index in [0.717, 1.165) is 29.9 Å². The molecule has 21 heavy (non-hydrogen) atoms. The van der Waals surface area contributed by atoms with E-state index < -0.39 is 10.0 Å². The zero-order valence-corrected chi connectivity index (χ0v) is 13.1. The third kappa shape index (κ3) is 2.75. The first-order valence-electron chi connectivity index (χ1n) is 6.87. The quantitative estimate of drug-likeness (QED) is 0.910. The standard InChI is InChI=1S/C14H19N3O3S/c1-9-4-11-12(5-14(2,3)6-13(11)20-9)17-21(18,19)10-7-15-16-8-10/h4,7-8,12,17H,5-6H2,1-3H3,(H,15,16). The average molecular weight is 309 g/mol. The van der Waals surface area contributed by atoms with Gasteiger partial charge in [-0.1, -0.05) is 13.8 Å². The molecule has 2 heterocycles. The molecule has 1 unspecified atom stereocenters. The van der Waals surface area contributed by atoms with Gasteiger partial charge in [0.2, 0.25) is 10.0 Å². The Hall–Kier alpha value is -1.60. The molecule has 3 rings (SSSR count). The lowest BCUT2D eigenvalue weighted by Crippen LogP contribution is -2.35. The van der Waals surface area contributed by atoms with E-state index in [2.05, 4.69) is 28.8 Å². The van der Waals surface area contributed by atoms with E-state index in [1.807, 2.05) is 13.0 Å². The Labute approximate surface area is 124 Å². The zero-order chi connectivity index (χ0) is 15.3. The topological polar surface area (TPSA) is 88.0 Å². The normalized spacial score (nSPS) is 21.2. The minimum atomic E-state index is -3.59. The highest BCUT2D eigenvalue weighted by atomic mass is 32.2. The Morgan fingerprint density at radius 2 is 2.24 bits per heavy atom. The van der Waals surface area contributed by atoms with Crippen molar-refractivity contribution in [1.82, 2.24) is 14.9 Å². The second kappa shape index (κ2) is 4.71. The number of hydrogen-bond donors (Lipinski definition) is 2. The van der Waals surface area contributed by atoms with Crippen molar-refractivity contribution in [3.8, 4) is 0 Å². The van der Waals surface area contributed by atoms with Crippen LogP contribution in [-0.4, -0.2) is 18.6 Å². The molecule has 0 aliphatic heterocycles. The van der Waals surface area contributed by atoms with E-state index in [1.165, 1.54) is 12.4 Å². The SMILES string of the molecule is Cc1cc2c(o1)CC(C)(C)CC2NS(=O)(=O)c1cn[nH]c1. The molecule has 1 atom stereocenters. The van der Waals surface area contributed by atoms with Crippen molar-refractivity contribution in [3.05, 3.63) is 35.5 Å². The van der Waals surface area contributed by atoms with Crippen molar-refractivity contribution in [3.63, 3.8) is 0 Å². The molecule has 1 aliphatic rings. The van der Waals surface area contributed by atoms with Crippen LogP contribution in [0, 0.1) is 12.3 Å². The number of sulfonamides is 1. The molecule has 0 spiro atoms. The third-order valence-corrected chi connectivity index (χ3v) is 5.26. The largest absolute Gasteiger partial charge is 0.466 e. The maximum Gasteiger partial charge on any atom is 0.244 e. The van der Waals surface area contributed by atoms with Crippen LogP contribution in [0.25, 0.3) is 0 Å². The number of nitrogens with zero attached hydrogens (tertiary/aromatic N) is 1. The minimum absolute atomic E-state index is 0.0130. The predicted octanol–water partition coefficient (Wildman–Crippen LogP) is 2.30. The number of H-pyrrole nitrogens is 1. The smallest absolute Gasteiger partial charge is 0.244 e. The van der Waals surface area contributed by atoms with Crippen molar-refractivity contribution in [2.75, 3.05) is 0 Å². The van der Waals surface area contributed by atoms with E-state index in [4.69, 9.17) is 4.42 Å². The summed E-state index contributed by atoms with van der Waals surface area (Å²) in [6.07, 6.45) is 4.23. The molecule has 2 aromatic rings. The number of fused-ring (bicyclic) bond motifs is 1. The van der Waals surface area contributed by atoms with E-state index in [0.29, 0.717) is 0 Å². The van der Waals surface area contributed by atoms with Gasteiger partial charge in [0.25, 0.3) is 0 Å². The summed E-state index contributed by atoms with van der Waals surface area (Å²) in [6.45, 7) is 6.12. The minimum Gasteiger partial charge on any atom is -0.466 e. The molecule has 0 saturated carbocycles. The molecule has 2 N–H and O–H groups in total. The Balaban J connectivity index is 1.95. The van der Waals surface area contributed by atoms with Gasteiger partial charge in [0.1, 0.15) is 16.4 Å². The summed E-state index contributed by atoms with van der Waals surface area (Å²) < 4.78 is 33.3. The molecule has 0 radical (unpaired) electrons. The fourth-order valence-electron chi connectivity index (χ4n) is 2.93. The average Bonchev–Trinajstić information content (AvgIpc) is 2.95. The molecular weight excluding hydrogens is 290 g/mol. The Bertz CT molecular complexity index is 745. The summed E-state index contributed by atoms with van der Waals surface area (Å²) in [7, 11) is -3.59.